The Kier molecular flexibility index (Phi) is 9.83. The van der Waals surface area contributed by atoms with E-state index in [2.05, 4.69) is 43.4 Å². The van der Waals surface area contributed by atoms with Crippen LogP contribution in [0.25, 0.3) is 0 Å². The lowest BCUT2D eigenvalue weighted by Crippen LogP contribution is -2.42. The van der Waals surface area contributed by atoms with E-state index >= 15 is 0 Å². The first kappa shape index (κ1) is 18.4. The minimum absolute atomic E-state index is 0.207. The fraction of sp³-hybridized carbons (Fsp3) is 0.929. The van der Waals surface area contributed by atoms with Crippen LogP contribution in [0.15, 0.2) is 0 Å². The minimum Gasteiger partial charge on any atom is -0.468 e. The molecule has 0 heterocycles. The summed E-state index contributed by atoms with van der Waals surface area (Å²) in [6.45, 7) is 11.3. The molecule has 2 N–H and O–H groups in total. The average molecular weight is 273 g/mol. The van der Waals surface area contributed by atoms with Gasteiger partial charge in [-0.2, -0.15) is 0 Å². The number of nitrogens with one attached hydrogen (secondary N) is 2. The molecule has 0 aliphatic carbocycles. The molecule has 0 rings (SSSR count). The van der Waals surface area contributed by atoms with Crippen LogP contribution in [0.2, 0.25) is 0 Å². The molecule has 0 aromatic carbocycles. The third kappa shape index (κ3) is 9.87. The van der Waals surface area contributed by atoms with E-state index in [4.69, 9.17) is 4.74 Å². The minimum atomic E-state index is -0.243. The van der Waals surface area contributed by atoms with E-state index in [0.717, 1.165) is 26.1 Å². The number of hydrogen-bond acceptors (Lipinski definition) is 5. The summed E-state index contributed by atoms with van der Waals surface area (Å²) in [7, 11) is 3.54. The average Bonchev–Trinajstić information content (AvgIpc) is 2.34. The highest BCUT2D eigenvalue weighted by Crippen LogP contribution is 1.97. The second kappa shape index (κ2) is 10.2. The van der Waals surface area contributed by atoms with E-state index in [1.807, 2.05) is 6.92 Å². The molecule has 0 bridgehead atoms. The Labute approximate surface area is 118 Å². The number of nitrogens with zero attached hydrogens (tertiary/aromatic N) is 1. The zero-order chi connectivity index (χ0) is 14.8. The Morgan fingerprint density at radius 2 is 1.84 bits per heavy atom. The van der Waals surface area contributed by atoms with Crippen molar-refractivity contribution in [1.82, 2.24) is 15.5 Å². The molecular weight excluding hydrogens is 242 g/mol. The summed E-state index contributed by atoms with van der Waals surface area (Å²) >= 11 is 0. The van der Waals surface area contributed by atoms with Gasteiger partial charge in [0.25, 0.3) is 0 Å². The number of carbonyl (C=O) groups excluding carboxylic acids is 1. The lowest BCUT2D eigenvalue weighted by molar-refractivity contribution is -0.142. The van der Waals surface area contributed by atoms with Crippen molar-refractivity contribution in [2.45, 2.75) is 52.2 Å². The Morgan fingerprint density at radius 1 is 1.21 bits per heavy atom. The predicted molar refractivity (Wildman–Crippen MR) is 79.3 cm³/mol. The van der Waals surface area contributed by atoms with Crippen LogP contribution in [0.4, 0.5) is 0 Å². The Balaban J connectivity index is 3.71. The van der Waals surface area contributed by atoms with Gasteiger partial charge in [0.2, 0.25) is 0 Å². The van der Waals surface area contributed by atoms with Crippen molar-refractivity contribution in [1.29, 1.82) is 0 Å². The van der Waals surface area contributed by atoms with Gasteiger partial charge in [0.05, 0.1) is 7.11 Å². The first-order valence-electron chi connectivity index (χ1n) is 7.12. The predicted octanol–water partition coefficient (Wildman–Crippen LogP) is 0.846. The van der Waals surface area contributed by atoms with Crippen molar-refractivity contribution in [3.8, 4) is 0 Å². The molecule has 0 aliphatic heterocycles. The largest absolute Gasteiger partial charge is 0.468 e. The van der Waals surface area contributed by atoms with Crippen LogP contribution in [-0.4, -0.2) is 62.8 Å². The normalized spacial score (nSPS) is 14.7. The second-order valence-electron chi connectivity index (χ2n) is 5.51. The molecule has 0 aromatic heterocycles. The maximum atomic E-state index is 11.3. The second-order valence-corrected chi connectivity index (χ2v) is 5.51. The van der Waals surface area contributed by atoms with Crippen LogP contribution in [0.3, 0.4) is 0 Å². The number of likely N-dealkylation sites (N-methyl/N-ethyl adjacent to an activating group) is 1. The summed E-state index contributed by atoms with van der Waals surface area (Å²) in [6.07, 6.45) is 1.01. The molecule has 114 valence electrons. The third-order valence-electron chi connectivity index (χ3n) is 3.08. The molecule has 0 aliphatic rings. The van der Waals surface area contributed by atoms with E-state index in [1.54, 1.807) is 0 Å². The number of hydrogen-bond donors (Lipinski definition) is 2. The van der Waals surface area contributed by atoms with Gasteiger partial charge >= 0.3 is 5.97 Å². The quantitative estimate of drug-likeness (QED) is 0.578. The molecule has 0 spiro atoms. The highest BCUT2D eigenvalue weighted by molar-refractivity contribution is 5.75. The van der Waals surface area contributed by atoms with Crippen molar-refractivity contribution in [3.63, 3.8) is 0 Å². The molecule has 0 fully saturated rings. The molecule has 0 aromatic rings. The summed E-state index contributed by atoms with van der Waals surface area (Å²) in [4.78, 5) is 13.6. The van der Waals surface area contributed by atoms with Crippen molar-refractivity contribution >= 4 is 5.97 Å². The Bertz CT molecular complexity index is 247. The third-order valence-corrected chi connectivity index (χ3v) is 3.08. The highest BCUT2D eigenvalue weighted by atomic mass is 16.5. The maximum absolute atomic E-state index is 11.3. The van der Waals surface area contributed by atoms with Gasteiger partial charge < -0.3 is 20.3 Å². The van der Waals surface area contributed by atoms with Crippen molar-refractivity contribution in [3.05, 3.63) is 0 Å². The fourth-order valence-electron chi connectivity index (χ4n) is 1.82. The molecule has 0 saturated heterocycles. The van der Waals surface area contributed by atoms with Crippen molar-refractivity contribution in [2.75, 3.05) is 33.8 Å². The van der Waals surface area contributed by atoms with Gasteiger partial charge in [-0.15, -0.1) is 0 Å². The Morgan fingerprint density at radius 3 is 2.37 bits per heavy atom. The molecular formula is C14H31N3O2. The van der Waals surface area contributed by atoms with Crippen LogP contribution in [0.1, 0.15) is 34.1 Å². The molecule has 19 heavy (non-hydrogen) atoms. The lowest BCUT2D eigenvalue weighted by Gasteiger charge is -2.22. The zero-order valence-corrected chi connectivity index (χ0v) is 13.3. The number of methoxy groups -OCH3 is 1. The SMILES string of the molecule is COC(=O)C(C)NC(C)CCN(C)CCNC(C)C. The molecule has 0 radical (unpaired) electrons. The summed E-state index contributed by atoms with van der Waals surface area (Å²) < 4.78 is 4.69. The van der Waals surface area contributed by atoms with Crippen LogP contribution in [0, 0.1) is 0 Å². The van der Waals surface area contributed by atoms with Gasteiger partial charge in [0.15, 0.2) is 0 Å². The summed E-state index contributed by atoms with van der Waals surface area (Å²) in [6, 6.07) is 0.595. The number of rotatable bonds is 10. The number of esters is 1. The lowest BCUT2D eigenvalue weighted by atomic mass is 10.2. The fourth-order valence-corrected chi connectivity index (χ4v) is 1.82. The van der Waals surface area contributed by atoms with Crippen molar-refractivity contribution in [2.24, 2.45) is 0 Å². The molecule has 5 nitrogen and oxygen atoms in total. The van der Waals surface area contributed by atoms with E-state index in [0.29, 0.717) is 12.1 Å². The topological polar surface area (TPSA) is 53.6 Å². The highest BCUT2D eigenvalue weighted by Gasteiger charge is 2.15. The van der Waals surface area contributed by atoms with E-state index in [1.165, 1.54) is 7.11 Å². The zero-order valence-electron chi connectivity index (χ0n) is 13.3. The maximum Gasteiger partial charge on any atom is 0.322 e. The standard InChI is InChI=1S/C14H31N3O2/c1-11(2)15-8-10-17(5)9-7-12(3)16-13(4)14(18)19-6/h11-13,15-16H,7-10H2,1-6H3. The number of carbonyl (C=O) groups is 1. The van der Waals surface area contributed by atoms with Gasteiger partial charge in [-0.25, -0.2) is 0 Å². The van der Waals surface area contributed by atoms with Gasteiger partial charge in [-0.3, -0.25) is 4.79 Å². The number of ether oxygens (including phenoxy) is 1. The van der Waals surface area contributed by atoms with Crippen molar-refractivity contribution < 1.29 is 9.53 Å². The van der Waals surface area contributed by atoms with E-state index in [9.17, 15) is 4.79 Å². The molecule has 0 saturated carbocycles. The van der Waals surface area contributed by atoms with E-state index in [-0.39, 0.29) is 12.0 Å². The molecule has 2 atom stereocenters. The van der Waals surface area contributed by atoms with Crippen LogP contribution in [0.5, 0.6) is 0 Å². The van der Waals surface area contributed by atoms with Crippen LogP contribution < -0.4 is 10.6 Å². The van der Waals surface area contributed by atoms with Gasteiger partial charge in [-0.05, 0) is 33.9 Å². The Hall–Kier alpha value is -0.650. The molecule has 0 amide bonds. The van der Waals surface area contributed by atoms with Gasteiger partial charge in [0, 0.05) is 25.2 Å². The van der Waals surface area contributed by atoms with Crippen LogP contribution >= 0.6 is 0 Å². The monoisotopic (exact) mass is 273 g/mol. The first-order chi connectivity index (χ1) is 8.86. The smallest absolute Gasteiger partial charge is 0.322 e. The van der Waals surface area contributed by atoms with Crippen LogP contribution in [-0.2, 0) is 9.53 Å². The first-order valence-corrected chi connectivity index (χ1v) is 7.12. The summed E-state index contributed by atoms with van der Waals surface area (Å²) in [5.41, 5.74) is 0. The van der Waals surface area contributed by atoms with Gasteiger partial charge in [0.1, 0.15) is 6.04 Å². The molecule has 2 unspecified atom stereocenters. The molecule has 5 heteroatoms. The van der Waals surface area contributed by atoms with E-state index < -0.39 is 0 Å². The van der Waals surface area contributed by atoms with Gasteiger partial charge in [-0.1, -0.05) is 13.8 Å². The summed E-state index contributed by atoms with van der Waals surface area (Å²) in [5, 5.41) is 6.64. The summed E-state index contributed by atoms with van der Waals surface area (Å²) in [5.74, 6) is -0.207.